The Morgan fingerprint density at radius 2 is 2.04 bits per heavy atom. The van der Waals surface area contributed by atoms with Gasteiger partial charge < -0.3 is 14.5 Å². The van der Waals surface area contributed by atoms with Gasteiger partial charge in [-0.15, -0.1) is 0 Å². The highest BCUT2D eigenvalue weighted by molar-refractivity contribution is 5.83. The van der Waals surface area contributed by atoms with Crippen LogP contribution in [-0.4, -0.2) is 17.0 Å². The summed E-state index contributed by atoms with van der Waals surface area (Å²) in [5.41, 5.74) is 3.13. The molecule has 1 unspecified atom stereocenters. The molecule has 1 atom stereocenters. The molecule has 1 N–H and O–H groups in total. The van der Waals surface area contributed by atoms with E-state index in [1.165, 1.54) is 0 Å². The predicted octanol–water partition coefficient (Wildman–Crippen LogP) is 2.96. The number of hydrogen-bond donors (Lipinski definition) is 1. The lowest BCUT2D eigenvalue weighted by Crippen LogP contribution is -2.37. The van der Waals surface area contributed by atoms with Crippen molar-refractivity contribution in [1.82, 2.24) is 10.3 Å². The number of carbonyl (C=O) groups excluding carboxylic acids is 1. The summed E-state index contributed by atoms with van der Waals surface area (Å²) in [7, 11) is 0. The SMILES string of the molecule is O=C(NCc1ccco1)C1Cc2c(-c3ccccc3)ccnc2O1. The Kier molecular flexibility index (Phi) is 3.75. The molecule has 2 aromatic heterocycles. The first-order valence-electron chi connectivity index (χ1n) is 7.81. The lowest BCUT2D eigenvalue weighted by molar-refractivity contribution is -0.127. The molecule has 0 spiro atoms. The van der Waals surface area contributed by atoms with Crippen LogP contribution in [0.2, 0.25) is 0 Å². The highest BCUT2D eigenvalue weighted by Gasteiger charge is 2.32. The number of hydrogen-bond acceptors (Lipinski definition) is 4. The minimum Gasteiger partial charge on any atom is -0.467 e. The lowest BCUT2D eigenvalue weighted by Gasteiger charge is -2.09. The number of pyridine rings is 1. The third-order valence-corrected chi connectivity index (χ3v) is 4.05. The molecule has 5 nitrogen and oxygen atoms in total. The molecular formula is C19H16N2O3. The van der Waals surface area contributed by atoms with E-state index >= 15 is 0 Å². The second kappa shape index (κ2) is 6.20. The molecule has 0 aliphatic carbocycles. The Bertz CT molecular complexity index is 844. The molecular weight excluding hydrogens is 304 g/mol. The molecule has 0 saturated carbocycles. The zero-order chi connectivity index (χ0) is 16.4. The van der Waals surface area contributed by atoms with Crippen LogP contribution in [0, 0.1) is 0 Å². The van der Waals surface area contributed by atoms with Crippen LogP contribution in [0.15, 0.2) is 65.4 Å². The Balaban J connectivity index is 1.51. The smallest absolute Gasteiger partial charge is 0.261 e. The van der Waals surface area contributed by atoms with Crippen molar-refractivity contribution in [3.05, 3.63) is 72.3 Å². The summed E-state index contributed by atoms with van der Waals surface area (Å²) >= 11 is 0. The lowest BCUT2D eigenvalue weighted by atomic mass is 9.99. The van der Waals surface area contributed by atoms with E-state index in [9.17, 15) is 4.79 Å². The number of amides is 1. The predicted molar refractivity (Wildman–Crippen MR) is 88.3 cm³/mol. The second-order valence-electron chi connectivity index (χ2n) is 5.62. The molecule has 1 aromatic carbocycles. The molecule has 3 heterocycles. The van der Waals surface area contributed by atoms with Gasteiger partial charge in [0.2, 0.25) is 5.88 Å². The molecule has 1 aliphatic rings. The van der Waals surface area contributed by atoms with Crippen molar-refractivity contribution in [1.29, 1.82) is 0 Å². The van der Waals surface area contributed by atoms with Gasteiger partial charge in [0.25, 0.3) is 5.91 Å². The van der Waals surface area contributed by atoms with Gasteiger partial charge in [0.15, 0.2) is 6.10 Å². The monoisotopic (exact) mass is 320 g/mol. The molecule has 0 radical (unpaired) electrons. The van der Waals surface area contributed by atoms with Crippen molar-refractivity contribution in [2.24, 2.45) is 0 Å². The van der Waals surface area contributed by atoms with Crippen LogP contribution >= 0.6 is 0 Å². The van der Waals surface area contributed by atoms with Gasteiger partial charge in [-0.1, -0.05) is 30.3 Å². The maximum atomic E-state index is 12.4. The van der Waals surface area contributed by atoms with E-state index in [1.54, 1.807) is 18.5 Å². The fourth-order valence-electron chi connectivity index (χ4n) is 2.87. The number of carbonyl (C=O) groups is 1. The molecule has 120 valence electrons. The van der Waals surface area contributed by atoms with Crippen molar-refractivity contribution < 1.29 is 13.9 Å². The fourth-order valence-corrected chi connectivity index (χ4v) is 2.87. The first kappa shape index (κ1) is 14.5. The van der Waals surface area contributed by atoms with Crippen molar-refractivity contribution in [3.63, 3.8) is 0 Å². The molecule has 3 aromatic rings. The van der Waals surface area contributed by atoms with Crippen molar-refractivity contribution in [2.45, 2.75) is 19.1 Å². The van der Waals surface area contributed by atoms with Crippen LogP contribution in [0.4, 0.5) is 0 Å². The molecule has 24 heavy (non-hydrogen) atoms. The van der Waals surface area contributed by atoms with Gasteiger partial charge in [0.1, 0.15) is 5.76 Å². The van der Waals surface area contributed by atoms with E-state index in [2.05, 4.69) is 10.3 Å². The highest BCUT2D eigenvalue weighted by Crippen LogP contribution is 2.35. The number of nitrogens with one attached hydrogen (secondary N) is 1. The van der Waals surface area contributed by atoms with Gasteiger partial charge in [-0.2, -0.15) is 0 Å². The largest absolute Gasteiger partial charge is 0.467 e. The van der Waals surface area contributed by atoms with Crippen LogP contribution < -0.4 is 10.1 Å². The number of furan rings is 1. The fraction of sp³-hybridized carbons (Fsp3) is 0.158. The molecule has 4 rings (SSSR count). The maximum absolute atomic E-state index is 12.4. The van der Waals surface area contributed by atoms with E-state index in [-0.39, 0.29) is 5.91 Å². The minimum atomic E-state index is -0.563. The summed E-state index contributed by atoms with van der Waals surface area (Å²) in [5.74, 6) is 1.08. The van der Waals surface area contributed by atoms with E-state index in [1.807, 2.05) is 42.5 Å². The van der Waals surface area contributed by atoms with Crippen LogP contribution in [0.1, 0.15) is 11.3 Å². The van der Waals surface area contributed by atoms with Crippen LogP contribution in [-0.2, 0) is 17.8 Å². The average molecular weight is 320 g/mol. The van der Waals surface area contributed by atoms with Crippen molar-refractivity contribution in [3.8, 4) is 17.0 Å². The first-order valence-corrected chi connectivity index (χ1v) is 7.81. The van der Waals surface area contributed by atoms with Gasteiger partial charge in [0, 0.05) is 18.2 Å². The van der Waals surface area contributed by atoms with Crippen molar-refractivity contribution >= 4 is 5.91 Å². The number of nitrogens with zero attached hydrogens (tertiary/aromatic N) is 1. The highest BCUT2D eigenvalue weighted by atomic mass is 16.5. The molecule has 0 fully saturated rings. The number of rotatable bonds is 4. The molecule has 0 saturated heterocycles. The van der Waals surface area contributed by atoms with Gasteiger partial charge in [-0.05, 0) is 29.3 Å². The normalized spacial score (nSPS) is 15.6. The number of fused-ring (bicyclic) bond motifs is 1. The second-order valence-corrected chi connectivity index (χ2v) is 5.62. The number of aromatic nitrogens is 1. The van der Waals surface area contributed by atoms with Crippen molar-refractivity contribution in [2.75, 3.05) is 0 Å². The molecule has 1 amide bonds. The maximum Gasteiger partial charge on any atom is 0.261 e. The topological polar surface area (TPSA) is 64.4 Å². The Morgan fingerprint density at radius 3 is 2.83 bits per heavy atom. The van der Waals surface area contributed by atoms with E-state index in [0.717, 1.165) is 16.7 Å². The summed E-state index contributed by atoms with van der Waals surface area (Å²) in [6.45, 7) is 0.348. The van der Waals surface area contributed by atoms with E-state index in [0.29, 0.717) is 24.6 Å². The minimum absolute atomic E-state index is 0.164. The standard InChI is InChI=1S/C19H16N2O3/c22-18(21-12-14-7-4-10-23-14)17-11-16-15(8-9-20-19(16)24-17)13-5-2-1-3-6-13/h1-10,17H,11-12H2,(H,21,22). The van der Waals surface area contributed by atoms with Gasteiger partial charge >= 0.3 is 0 Å². The molecule has 5 heteroatoms. The Labute approximate surface area is 139 Å². The average Bonchev–Trinajstić information content (AvgIpc) is 3.29. The summed E-state index contributed by atoms with van der Waals surface area (Å²) in [6, 6.07) is 15.6. The van der Waals surface area contributed by atoms with Gasteiger partial charge in [-0.25, -0.2) is 4.98 Å². The van der Waals surface area contributed by atoms with Crippen LogP contribution in [0.3, 0.4) is 0 Å². The number of benzene rings is 1. The summed E-state index contributed by atoms with van der Waals surface area (Å²) < 4.78 is 11.0. The van der Waals surface area contributed by atoms with Crippen LogP contribution in [0.5, 0.6) is 5.88 Å². The van der Waals surface area contributed by atoms with Gasteiger partial charge in [0.05, 0.1) is 12.8 Å². The third-order valence-electron chi connectivity index (χ3n) is 4.05. The summed E-state index contributed by atoms with van der Waals surface area (Å²) in [6.07, 6.45) is 3.24. The number of ether oxygens (including phenoxy) is 1. The molecule has 0 bridgehead atoms. The Morgan fingerprint density at radius 1 is 1.17 bits per heavy atom. The Hall–Kier alpha value is -3.08. The zero-order valence-corrected chi connectivity index (χ0v) is 12.9. The van der Waals surface area contributed by atoms with E-state index in [4.69, 9.17) is 9.15 Å². The zero-order valence-electron chi connectivity index (χ0n) is 12.9. The first-order chi connectivity index (χ1) is 11.8. The summed E-state index contributed by atoms with van der Waals surface area (Å²) in [5, 5.41) is 2.84. The third kappa shape index (κ3) is 2.76. The quantitative estimate of drug-likeness (QED) is 0.803. The van der Waals surface area contributed by atoms with Gasteiger partial charge in [-0.3, -0.25) is 4.79 Å². The van der Waals surface area contributed by atoms with E-state index < -0.39 is 6.10 Å². The van der Waals surface area contributed by atoms with Crippen LogP contribution in [0.25, 0.3) is 11.1 Å². The summed E-state index contributed by atoms with van der Waals surface area (Å²) in [4.78, 5) is 16.6. The molecule has 1 aliphatic heterocycles.